The lowest BCUT2D eigenvalue weighted by Gasteiger charge is -2.31. The largest absolute Gasteiger partial charge is 0.379 e. The lowest BCUT2D eigenvalue weighted by atomic mass is 10.2. The van der Waals surface area contributed by atoms with E-state index in [2.05, 4.69) is 15.5 Å². The highest BCUT2D eigenvalue weighted by atomic mass is 16.5. The van der Waals surface area contributed by atoms with Crippen LogP contribution in [0.3, 0.4) is 0 Å². The third kappa shape index (κ3) is 6.89. The van der Waals surface area contributed by atoms with Crippen LogP contribution in [-0.2, 0) is 9.53 Å². The van der Waals surface area contributed by atoms with Crippen LogP contribution in [0, 0.1) is 0 Å². The fraction of sp³-hybridized carbons (Fsp3) is 0.929. The molecule has 1 heterocycles. The van der Waals surface area contributed by atoms with Gasteiger partial charge in [-0.2, -0.15) is 0 Å². The van der Waals surface area contributed by atoms with Gasteiger partial charge in [0.25, 0.3) is 0 Å². The van der Waals surface area contributed by atoms with Crippen LogP contribution in [0.5, 0.6) is 0 Å². The van der Waals surface area contributed by atoms with E-state index in [-0.39, 0.29) is 11.9 Å². The first-order valence-corrected chi connectivity index (χ1v) is 7.45. The highest BCUT2D eigenvalue weighted by Gasteiger charge is 2.21. The molecule has 0 radical (unpaired) electrons. The molecule has 19 heavy (non-hydrogen) atoms. The summed E-state index contributed by atoms with van der Waals surface area (Å²) in [6.07, 6.45) is 2.27. The zero-order chi connectivity index (χ0) is 14.1. The van der Waals surface area contributed by atoms with Gasteiger partial charge in [-0.25, -0.2) is 0 Å². The molecule has 0 saturated carbocycles. The molecule has 1 amide bonds. The second kappa shape index (κ2) is 9.28. The molecule has 1 unspecified atom stereocenters. The van der Waals surface area contributed by atoms with Crippen molar-refractivity contribution >= 4 is 5.91 Å². The van der Waals surface area contributed by atoms with E-state index >= 15 is 0 Å². The maximum absolute atomic E-state index is 12.0. The summed E-state index contributed by atoms with van der Waals surface area (Å²) in [6.45, 7) is 11.5. The number of ether oxygens (including phenoxy) is 1. The number of carbonyl (C=O) groups is 1. The van der Waals surface area contributed by atoms with Gasteiger partial charge >= 0.3 is 0 Å². The van der Waals surface area contributed by atoms with Crippen LogP contribution in [0.15, 0.2) is 0 Å². The average molecular weight is 271 g/mol. The minimum Gasteiger partial charge on any atom is -0.379 e. The standard InChI is InChI=1S/C14H29N3O2/c1-12(2)19-11-5-4-6-16-14(18)13(3)17-9-7-15-8-10-17/h12-13,15H,4-11H2,1-3H3,(H,16,18). The average Bonchev–Trinajstić information content (AvgIpc) is 2.42. The second-order valence-corrected chi connectivity index (χ2v) is 5.38. The van der Waals surface area contributed by atoms with Crippen molar-refractivity contribution in [2.45, 2.75) is 45.8 Å². The molecule has 1 rings (SSSR count). The summed E-state index contributed by atoms with van der Waals surface area (Å²) in [6, 6.07) is -0.0194. The molecule has 1 atom stereocenters. The summed E-state index contributed by atoms with van der Waals surface area (Å²) in [5, 5.41) is 6.31. The van der Waals surface area contributed by atoms with E-state index in [9.17, 15) is 4.79 Å². The van der Waals surface area contributed by atoms with Gasteiger partial charge in [0.2, 0.25) is 5.91 Å². The lowest BCUT2D eigenvalue weighted by Crippen LogP contribution is -2.52. The van der Waals surface area contributed by atoms with Crippen LogP contribution in [0.25, 0.3) is 0 Å². The molecule has 1 aliphatic heterocycles. The molecule has 0 aliphatic carbocycles. The molecular weight excluding hydrogens is 242 g/mol. The van der Waals surface area contributed by atoms with Gasteiger partial charge in [-0.3, -0.25) is 9.69 Å². The van der Waals surface area contributed by atoms with E-state index in [0.717, 1.165) is 52.2 Å². The fourth-order valence-electron chi connectivity index (χ4n) is 2.14. The van der Waals surface area contributed by atoms with Crippen LogP contribution in [0.2, 0.25) is 0 Å². The Labute approximate surface area is 117 Å². The van der Waals surface area contributed by atoms with E-state index in [0.29, 0.717) is 6.10 Å². The number of unbranched alkanes of at least 4 members (excludes halogenated alkanes) is 1. The normalized spacial score (nSPS) is 18.5. The molecule has 112 valence electrons. The Morgan fingerprint density at radius 3 is 2.58 bits per heavy atom. The van der Waals surface area contributed by atoms with Crippen molar-refractivity contribution in [3.8, 4) is 0 Å². The molecule has 2 N–H and O–H groups in total. The molecule has 1 saturated heterocycles. The van der Waals surface area contributed by atoms with Crippen LogP contribution >= 0.6 is 0 Å². The van der Waals surface area contributed by atoms with Crippen molar-refractivity contribution in [3.63, 3.8) is 0 Å². The van der Waals surface area contributed by atoms with E-state index in [4.69, 9.17) is 4.74 Å². The number of hydrogen-bond acceptors (Lipinski definition) is 4. The number of nitrogens with one attached hydrogen (secondary N) is 2. The summed E-state index contributed by atoms with van der Waals surface area (Å²) < 4.78 is 5.46. The van der Waals surface area contributed by atoms with E-state index in [1.165, 1.54) is 0 Å². The van der Waals surface area contributed by atoms with Crippen LogP contribution in [0.4, 0.5) is 0 Å². The molecule has 0 spiro atoms. The summed E-state index contributed by atoms with van der Waals surface area (Å²) in [5.74, 6) is 0.145. The first-order valence-electron chi connectivity index (χ1n) is 7.45. The molecule has 1 fully saturated rings. The summed E-state index contributed by atoms with van der Waals surface area (Å²) in [5.41, 5.74) is 0. The lowest BCUT2D eigenvalue weighted by molar-refractivity contribution is -0.126. The third-order valence-electron chi connectivity index (χ3n) is 3.40. The molecule has 0 bridgehead atoms. The van der Waals surface area contributed by atoms with Crippen LogP contribution < -0.4 is 10.6 Å². The van der Waals surface area contributed by atoms with Gasteiger partial charge in [0.1, 0.15) is 0 Å². The van der Waals surface area contributed by atoms with Gasteiger partial charge in [-0.05, 0) is 33.6 Å². The van der Waals surface area contributed by atoms with Gasteiger partial charge in [-0.15, -0.1) is 0 Å². The van der Waals surface area contributed by atoms with Crippen molar-refractivity contribution in [1.29, 1.82) is 0 Å². The number of rotatable bonds is 8. The zero-order valence-electron chi connectivity index (χ0n) is 12.6. The molecule has 1 aliphatic rings. The smallest absolute Gasteiger partial charge is 0.237 e. The van der Waals surface area contributed by atoms with Gasteiger partial charge in [0.15, 0.2) is 0 Å². The minimum absolute atomic E-state index is 0.0194. The molecule has 5 nitrogen and oxygen atoms in total. The van der Waals surface area contributed by atoms with Gasteiger partial charge in [0.05, 0.1) is 12.1 Å². The zero-order valence-corrected chi connectivity index (χ0v) is 12.6. The van der Waals surface area contributed by atoms with Gasteiger partial charge in [0, 0.05) is 39.3 Å². The second-order valence-electron chi connectivity index (χ2n) is 5.38. The fourth-order valence-corrected chi connectivity index (χ4v) is 2.14. The topological polar surface area (TPSA) is 53.6 Å². The Balaban J connectivity index is 2.06. The SMILES string of the molecule is CC(C)OCCCCNC(=O)C(C)N1CCNCC1. The Morgan fingerprint density at radius 1 is 1.26 bits per heavy atom. The molecule has 5 heteroatoms. The molecular formula is C14H29N3O2. The summed E-state index contributed by atoms with van der Waals surface area (Å²) >= 11 is 0. The highest BCUT2D eigenvalue weighted by molar-refractivity contribution is 5.81. The van der Waals surface area contributed by atoms with Crippen molar-refractivity contribution < 1.29 is 9.53 Å². The molecule has 0 aromatic rings. The first kappa shape index (κ1) is 16.4. The monoisotopic (exact) mass is 271 g/mol. The summed E-state index contributed by atoms with van der Waals surface area (Å²) in [7, 11) is 0. The van der Waals surface area contributed by atoms with E-state index in [1.54, 1.807) is 0 Å². The number of nitrogens with zero attached hydrogens (tertiary/aromatic N) is 1. The van der Waals surface area contributed by atoms with Crippen molar-refractivity contribution in [2.75, 3.05) is 39.3 Å². The number of carbonyl (C=O) groups excluding carboxylic acids is 1. The van der Waals surface area contributed by atoms with E-state index < -0.39 is 0 Å². The Kier molecular flexibility index (Phi) is 8.02. The number of piperazine rings is 1. The number of hydrogen-bond donors (Lipinski definition) is 2. The predicted molar refractivity (Wildman–Crippen MR) is 77.2 cm³/mol. The highest BCUT2D eigenvalue weighted by Crippen LogP contribution is 2.01. The van der Waals surface area contributed by atoms with Crippen LogP contribution in [0.1, 0.15) is 33.6 Å². The Hall–Kier alpha value is -0.650. The molecule has 0 aromatic heterocycles. The van der Waals surface area contributed by atoms with Crippen molar-refractivity contribution in [2.24, 2.45) is 0 Å². The Bertz CT molecular complexity index is 253. The van der Waals surface area contributed by atoms with Crippen molar-refractivity contribution in [1.82, 2.24) is 15.5 Å². The Morgan fingerprint density at radius 2 is 1.95 bits per heavy atom. The number of amides is 1. The molecule has 0 aromatic carbocycles. The predicted octanol–water partition coefficient (Wildman–Crippen LogP) is 0.602. The summed E-state index contributed by atoms with van der Waals surface area (Å²) in [4.78, 5) is 14.2. The van der Waals surface area contributed by atoms with Gasteiger partial charge < -0.3 is 15.4 Å². The minimum atomic E-state index is -0.0194. The van der Waals surface area contributed by atoms with Gasteiger partial charge in [-0.1, -0.05) is 0 Å². The quantitative estimate of drug-likeness (QED) is 0.635. The van der Waals surface area contributed by atoms with Crippen LogP contribution in [-0.4, -0.2) is 62.3 Å². The maximum atomic E-state index is 12.0. The third-order valence-corrected chi connectivity index (χ3v) is 3.40. The first-order chi connectivity index (χ1) is 9.11. The maximum Gasteiger partial charge on any atom is 0.237 e. The van der Waals surface area contributed by atoms with E-state index in [1.807, 2.05) is 20.8 Å². The van der Waals surface area contributed by atoms with Crippen molar-refractivity contribution in [3.05, 3.63) is 0 Å².